The second-order valence-electron chi connectivity index (χ2n) is 6.55. The van der Waals surface area contributed by atoms with Crippen molar-refractivity contribution < 1.29 is 4.92 Å². The number of benzene rings is 2. The molecule has 4 aromatic rings. The van der Waals surface area contributed by atoms with Crippen LogP contribution in [0.4, 0.5) is 11.5 Å². The van der Waals surface area contributed by atoms with Gasteiger partial charge in [-0.15, -0.1) is 0 Å². The van der Waals surface area contributed by atoms with Gasteiger partial charge in [0.1, 0.15) is 12.1 Å². The van der Waals surface area contributed by atoms with E-state index in [4.69, 9.17) is 0 Å². The van der Waals surface area contributed by atoms with Crippen LogP contribution in [0, 0.1) is 10.1 Å². The Morgan fingerprint density at radius 2 is 1.97 bits per heavy atom. The normalized spacial score (nSPS) is 11.9. The van der Waals surface area contributed by atoms with Crippen LogP contribution in [-0.2, 0) is 6.54 Å². The highest BCUT2D eigenvalue weighted by Crippen LogP contribution is 2.23. The van der Waals surface area contributed by atoms with E-state index in [0.717, 1.165) is 16.5 Å². The Bertz CT molecular complexity index is 1140. The Kier molecular flexibility index (Phi) is 5.02. The summed E-state index contributed by atoms with van der Waals surface area (Å²) in [5, 5.41) is 19.5. The average Bonchev–Trinajstić information content (AvgIpc) is 3.17. The molecule has 0 unspecified atom stereocenters. The predicted molar refractivity (Wildman–Crippen MR) is 110 cm³/mol. The highest BCUT2D eigenvalue weighted by Gasteiger charge is 2.13. The largest absolute Gasteiger partial charge is 0.363 e. The highest BCUT2D eigenvalue weighted by molar-refractivity contribution is 5.86. The minimum Gasteiger partial charge on any atom is -0.363 e. The zero-order valence-electron chi connectivity index (χ0n) is 15.7. The van der Waals surface area contributed by atoms with E-state index < -0.39 is 4.92 Å². The summed E-state index contributed by atoms with van der Waals surface area (Å²) < 4.78 is 0. The molecule has 4 rings (SSSR count). The lowest BCUT2D eigenvalue weighted by Crippen LogP contribution is -2.16. The molecule has 0 saturated heterocycles. The third-order valence-electron chi connectivity index (χ3n) is 4.57. The second-order valence-corrected chi connectivity index (χ2v) is 6.55. The lowest BCUT2D eigenvalue weighted by molar-refractivity contribution is -0.384. The Balaban J connectivity index is 1.53. The van der Waals surface area contributed by atoms with Gasteiger partial charge in [-0.3, -0.25) is 10.1 Å². The number of nitrogens with zero attached hydrogens (tertiary/aromatic N) is 5. The predicted octanol–water partition coefficient (Wildman–Crippen LogP) is 3.65. The molecule has 9 nitrogen and oxygen atoms in total. The summed E-state index contributed by atoms with van der Waals surface area (Å²) in [5.74, 6) is 0.690. The molecule has 29 heavy (non-hydrogen) atoms. The number of aromatic nitrogens is 4. The van der Waals surface area contributed by atoms with Gasteiger partial charge in [-0.1, -0.05) is 42.5 Å². The van der Waals surface area contributed by atoms with Gasteiger partial charge in [0.15, 0.2) is 5.65 Å². The summed E-state index contributed by atoms with van der Waals surface area (Å²) in [5.41, 5.74) is 5.72. The summed E-state index contributed by atoms with van der Waals surface area (Å²) in [6.07, 6.45) is 3.17. The van der Waals surface area contributed by atoms with Gasteiger partial charge < -0.3 is 10.7 Å². The van der Waals surface area contributed by atoms with Crippen LogP contribution in [0.3, 0.4) is 0 Å². The molecular weight excluding hydrogens is 370 g/mol. The van der Waals surface area contributed by atoms with Crippen LogP contribution in [0.5, 0.6) is 0 Å². The zero-order valence-corrected chi connectivity index (χ0v) is 15.7. The van der Waals surface area contributed by atoms with E-state index in [1.54, 1.807) is 17.1 Å². The van der Waals surface area contributed by atoms with E-state index >= 15 is 0 Å². The first-order valence-electron chi connectivity index (χ1n) is 9.09. The van der Waals surface area contributed by atoms with E-state index in [1.807, 2.05) is 24.3 Å². The Morgan fingerprint density at radius 3 is 2.76 bits per heavy atom. The maximum absolute atomic E-state index is 10.9. The molecule has 0 radical (unpaired) electrons. The third-order valence-corrected chi connectivity index (χ3v) is 4.57. The lowest BCUT2D eigenvalue weighted by Gasteiger charge is -2.15. The zero-order chi connectivity index (χ0) is 20.2. The van der Waals surface area contributed by atoms with E-state index in [0.29, 0.717) is 18.0 Å². The average molecular weight is 389 g/mol. The summed E-state index contributed by atoms with van der Waals surface area (Å²) in [4.78, 5) is 20.7. The molecule has 0 bridgehead atoms. The van der Waals surface area contributed by atoms with Crippen LogP contribution in [-0.4, -0.2) is 24.8 Å². The van der Waals surface area contributed by atoms with E-state index in [1.165, 1.54) is 18.5 Å². The summed E-state index contributed by atoms with van der Waals surface area (Å²) in [7, 11) is 0. The molecule has 1 atom stereocenters. The first kappa shape index (κ1) is 18.4. The minimum atomic E-state index is -0.411. The number of rotatable bonds is 7. The Hall–Kier alpha value is -4.01. The van der Waals surface area contributed by atoms with Gasteiger partial charge in [-0.05, 0) is 18.1 Å². The Labute approximate surface area is 166 Å². The number of non-ortho nitro benzene ring substituents is 1. The van der Waals surface area contributed by atoms with Gasteiger partial charge in [0.05, 0.1) is 23.1 Å². The molecule has 2 aromatic heterocycles. The fourth-order valence-electron chi connectivity index (χ4n) is 3.05. The van der Waals surface area contributed by atoms with Crippen molar-refractivity contribution in [1.82, 2.24) is 19.9 Å². The van der Waals surface area contributed by atoms with Gasteiger partial charge in [-0.25, -0.2) is 9.97 Å². The fraction of sp³-hybridized carbons (Fsp3) is 0.150. The molecule has 146 valence electrons. The van der Waals surface area contributed by atoms with E-state index in [2.05, 4.69) is 44.9 Å². The fourth-order valence-corrected chi connectivity index (χ4v) is 3.05. The number of fused-ring (bicyclic) bond motifs is 1. The number of anilines is 1. The maximum atomic E-state index is 10.9. The second kappa shape index (κ2) is 7.93. The molecule has 0 spiro atoms. The molecule has 0 aliphatic heterocycles. The number of nitro groups is 1. The van der Waals surface area contributed by atoms with Crippen LogP contribution < -0.4 is 10.7 Å². The van der Waals surface area contributed by atoms with Crippen LogP contribution in [0.2, 0.25) is 0 Å². The monoisotopic (exact) mass is 389 g/mol. The quantitative estimate of drug-likeness (QED) is 0.366. The van der Waals surface area contributed by atoms with Crippen molar-refractivity contribution >= 4 is 22.5 Å². The van der Waals surface area contributed by atoms with E-state index in [9.17, 15) is 10.1 Å². The van der Waals surface area contributed by atoms with Crippen molar-refractivity contribution in [3.05, 3.63) is 88.4 Å². The smallest absolute Gasteiger partial charge is 0.269 e. The number of hydrogen-bond donors (Lipinski definition) is 2. The number of hydrogen-bond acceptors (Lipinski definition) is 7. The molecule has 2 heterocycles. The Morgan fingerprint density at radius 1 is 1.14 bits per heavy atom. The van der Waals surface area contributed by atoms with Crippen molar-refractivity contribution in [2.75, 3.05) is 10.7 Å². The third kappa shape index (κ3) is 3.98. The summed E-state index contributed by atoms with van der Waals surface area (Å²) >= 11 is 0. The van der Waals surface area contributed by atoms with Crippen LogP contribution in [0.15, 0.2) is 67.1 Å². The molecular formula is C20H19N7O2. The van der Waals surface area contributed by atoms with E-state index in [-0.39, 0.29) is 11.7 Å². The topological polar surface area (TPSA) is 111 Å². The van der Waals surface area contributed by atoms with Crippen LogP contribution in [0.1, 0.15) is 24.1 Å². The van der Waals surface area contributed by atoms with Crippen molar-refractivity contribution in [3.63, 3.8) is 0 Å². The number of nitro benzene ring substituents is 1. The van der Waals surface area contributed by atoms with Gasteiger partial charge in [0.25, 0.3) is 5.69 Å². The van der Waals surface area contributed by atoms with Crippen molar-refractivity contribution in [1.29, 1.82) is 0 Å². The summed E-state index contributed by atoms with van der Waals surface area (Å²) in [6, 6.07) is 16.6. The van der Waals surface area contributed by atoms with Gasteiger partial charge in [0.2, 0.25) is 0 Å². The molecule has 9 heteroatoms. The van der Waals surface area contributed by atoms with Crippen molar-refractivity contribution in [2.24, 2.45) is 0 Å². The van der Waals surface area contributed by atoms with Gasteiger partial charge in [0, 0.05) is 18.2 Å². The molecule has 0 saturated carbocycles. The van der Waals surface area contributed by atoms with Crippen molar-refractivity contribution in [3.8, 4) is 0 Å². The first-order valence-corrected chi connectivity index (χ1v) is 9.09. The lowest BCUT2D eigenvalue weighted by atomic mass is 10.1. The first-order chi connectivity index (χ1) is 14.1. The molecule has 0 aliphatic carbocycles. The standard InChI is InChI=1S/C20H19N7O2/c1-14(16-7-3-2-4-8-16)25-19-18-12-24-26(20(18)22-13-21-19)23-11-15-6-5-9-17(10-15)27(28)29/h2-10,12-14,23H,11H2,1H3,(H,21,22,25)/t14-/m1/s1. The maximum Gasteiger partial charge on any atom is 0.269 e. The van der Waals surface area contributed by atoms with Crippen molar-refractivity contribution in [2.45, 2.75) is 19.5 Å². The minimum absolute atomic E-state index is 0.0540. The SMILES string of the molecule is C[C@@H](Nc1ncnc2c1cnn2NCc1cccc([N+](=O)[O-])c1)c1ccccc1. The molecule has 0 amide bonds. The van der Waals surface area contributed by atoms with Crippen LogP contribution in [0.25, 0.3) is 11.0 Å². The molecule has 2 N–H and O–H groups in total. The van der Waals surface area contributed by atoms with Crippen LogP contribution >= 0.6 is 0 Å². The molecule has 2 aromatic carbocycles. The van der Waals surface area contributed by atoms with Gasteiger partial charge >= 0.3 is 0 Å². The molecule has 0 aliphatic rings. The number of nitrogens with one attached hydrogen (secondary N) is 2. The molecule has 0 fully saturated rings. The van der Waals surface area contributed by atoms with Gasteiger partial charge in [-0.2, -0.15) is 9.89 Å². The highest BCUT2D eigenvalue weighted by atomic mass is 16.6. The summed E-state index contributed by atoms with van der Waals surface area (Å²) in [6.45, 7) is 2.43.